The number of aromatic nitrogens is 1. The fourth-order valence-corrected chi connectivity index (χ4v) is 4.04. The molecule has 0 spiro atoms. The minimum absolute atomic E-state index is 0.257. The highest BCUT2D eigenvalue weighted by Crippen LogP contribution is 2.64. The third kappa shape index (κ3) is 4.58. The van der Waals surface area contributed by atoms with Gasteiger partial charge in [-0.1, -0.05) is 18.2 Å². The number of alkyl halides is 9. The Labute approximate surface area is 181 Å². The number of hydrogen-bond donors (Lipinski definition) is 1. The van der Waals surface area contributed by atoms with Gasteiger partial charge in [0.15, 0.2) is 10.4 Å². The molecule has 0 unspecified atom stereocenters. The summed E-state index contributed by atoms with van der Waals surface area (Å²) in [6, 6.07) is 4.41. The second kappa shape index (κ2) is 7.72. The Hall–Kier alpha value is -2.61. The van der Waals surface area contributed by atoms with Crippen molar-refractivity contribution in [3.63, 3.8) is 0 Å². The van der Waals surface area contributed by atoms with Crippen LogP contribution >= 0.6 is 0 Å². The van der Waals surface area contributed by atoms with Gasteiger partial charge in [-0.15, -0.1) is 0 Å². The maximum Gasteiger partial charge on any atom is 0.416 e. The van der Waals surface area contributed by atoms with Crippen LogP contribution in [0.4, 0.5) is 39.5 Å². The predicted octanol–water partition coefficient (Wildman–Crippen LogP) is 5.56. The largest absolute Gasteiger partial charge is 0.416 e. The molecule has 2 N–H and O–H groups in total. The number of allylic oxidation sites excluding steroid dienone is 2. The minimum atomic E-state index is -5.74. The number of sulfonamides is 1. The van der Waals surface area contributed by atoms with Gasteiger partial charge < -0.3 is 0 Å². The number of primary sulfonamides is 1. The summed E-state index contributed by atoms with van der Waals surface area (Å²) in [4.78, 5) is 3.48. The van der Waals surface area contributed by atoms with E-state index in [1.165, 1.54) is 0 Å². The molecule has 0 saturated heterocycles. The van der Waals surface area contributed by atoms with Gasteiger partial charge >= 0.3 is 18.5 Å². The van der Waals surface area contributed by atoms with E-state index in [1.54, 1.807) is 0 Å². The van der Waals surface area contributed by atoms with Crippen LogP contribution in [0.2, 0.25) is 0 Å². The van der Waals surface area contributed by atoms with Crippen molar-refractivity contribution in [1.82, 2.24) is 4.98 Å². The highest BCUT2D eigenvalue weighted by Gasteiger charge is 2.72. The van der Waals surface area contributed by atoms with Gasteiger partial charge in [-0.05, 0) is 53.3 Å². The standard InChI is InChI=1S/C19H13F9N2O2S/c20-17(21,22)12-4-1-10(2-5-12)13-7-16(18(23,24)25,19(26,27)28)8-14(13)11-3-6-15(30-9-11)33(29,31)32/h1-6,9H,7-8H2,(H2,29,31,32). The average molecular weight is 504 g/mol. The third-order valence-electron chi connectivity index (χ3n) is 5.34. The molecule has 0 aliphatic heterocycles. The minimum Gasteiger partial charge on any atom is -0.243 e. The second-order valence-electron chi connectivity index (χ2n) is 7.39. The Morgan fingerprint density at radius 1 is 0.758 bits per heavy atom. The van der Waals surface area contributed by atoms with Gasteiger partial charge in [-0.3, -0.25) is 0 Å². The van der Waals surface area contributed by atoms with Crippen LogP contribution in [0.5, 0.6) is 0 Å². The first-order valence-corrected chi connectivity index (χ1v) is 10.4. The molecule has 2 aromatic rings. The van der Waals surface area contributed by atoms with Crippen molar-refractivity contribution in [2.75, 3.05) is 0 Å². The summed E-state index contributed by atoms with van der Waals surface area (Å²) in [6.45, 7) is 0. The van der Waals surface area contributed by atoms with Crippen LogP contribution in [-0.2, 0) is 16.2 Å². The van der Waals surface area contributed by atoms with Crippen molar-refractivity contribution < 1.29 is 47.9 Å². The lowest BCUT2D eigenvalue weighted by molar-refractivity contribution is -0.335. The average Bonchev–Trinajstić information content (AvgIpc) is 3.09. The summed E-state index contributed by atoms with van der Waals surface area (Å²) in [7, 11) is -4.29. The lowest BCUT2D eigenvalue weighted by atomic mass is 9.81. The molecule has 14 heteroatoms. The lowest BCUT2D eigenvalue weighted by Crippen LogP contribution is -2.48. The van der Waals surface area contributed by atoms with Crippen LogP contribution in [0.25, 0.3) is 11.1 Å². The van der Waals surface area contributed by atoms with E-state index in [0.29, 0.717) is 12.1 Å². The monoisotopic (exact) mass is 504 g/mol. The Kier molecular flexibility index (Phi) is 5.85. The number of halogens is 9. The highest BCUT2D eigenvalue weighted by molar-refractivity contribution is 7.89. The zero-order chi connectivity index (χ0) is 25.0. The van der Waals surface area contributed by atoms with E-state index in [0.717, 1.165) is 30.5 Å². The van der Waals surface area contributed by atoms with E-state index < -0.39 is 68.5 Å². The Balaban J connectivity index is 2.20. The molecule has 3 rings (SSSR count). The summed E-state index contributed by atoms with van der Waals surface area (Å²) < 4.78 is 144. The van der Waals surface area contributed by atoms with E-state index in [-0.39, 0.29) is 11.1 Å². The number of nitrogens with zero attached hydrogens (tertiary/aromatic N) is 1. The van der Waals surface area contributed by atoms with Gasteiger partial charge in [-0.25, -0.2) is 18.5 Å². The van der Waals surface area contributed by atoms with Crippen LogP contribution in [0.3, 0.4) is 0 Å². The molecule has 0 atom stereocenters. The highest BCUT2D eigenvalue weighted by atomic mass is 32.2. The van der Waals surface area contributed by atoms with Gasteiger partial charge in [-0.2, -0.15) is 39.5 Å². The smallest absolute Gasteiger partial charge is 0.243 e. The molecule has 180 valence electrons. The molecule has 1 aliphatic carbocycles. The van der Waals surface area contributed by atoms with Crippen molar-refractivity contribution in [3.8, 4) is 0 Å². The molecular formula is C19H13F9N2O2S. The van der Waals surface area contributed by atoms with Crippen molar-refractivity contribution in [1.29, 1.82) is 0 Å². The molecule has 1 heterocycles. The summed E-state index contributed by atoms with van der Waals surface area (Å²) in [6.07, 6.45) is -18.6. The number of benzene rings is 1. The zero-order valence-corrected chi connectivity index (χ0v) is 16.9. The molecule has 0 radical (unpaired) electrons. The van der Waals surface area contributed by atoms with E-state index in [9.17, 15) is 47.9 Å². The maximum atomic E-state index is 13.7. The van der Waals surface area contributed by atoms with Crippen LogP contribution in [-0.4, -0.2) is 25.8 Å². The van der Waals surface area contributed by atoms with E-state index in [4.69, 9.17) is 5.14 Å². The first-order valence-electron chi connectivity index (χ1n) is 8.89. The molecule has 0 amide bonds. The van der Waals surface area contributed by atoms with E-state index in [2.05, 4.69) is 4.98 Å². The summed E-state index contributed by atoms with van der Waals surface area (Å²) in [5, 5.41) is 4.23. The van der Waals surface area contributed by atoms with Crippen molar-refractivity contribution in [3.05, 3.63) is 59.3 Å². The SMILES string of the molecule is NS(=O)(=O)c1ccc(C2=C(c3ccc(C(F)(F)F)cc3)CC(C(F)(F)F)(C(F)(F)F)C2)cn1. The van der Waals surface area contributed by atoms with Crippen LogP contribution in [0.1, 0.15) is 29.5 Å². The molecule has 33 heavy (non-hydrogen) atoms. The number of hydrogen-bond acceptors (Lipinski definition) is 3. The molecule has 0 saturated carbocycles. The topological polar surface area (TPSA) is 73.1 Å². The van der Waals surface area contributed by atoms with Crippen LogP contribution in [0.15, 0.2) is 47.6 Å². The summed E-state index contributed by atoms with van der Waals surface area (Å²) in [5.74, 6) is 0. The van der Waals surface area contributed by atoms with Crippen LogP contribution in [0, 0.1) is 5.41 Å². The molecule has 1 aromatic heterocycles. The van der Waals surface area contributed by atoms with Crippen molar-refractivity contribution in [2.24, 2.45) is 10.6 Å². The van der Waals surface area contributed by atoms with Gasteiger partial charge in [0.05, 0.1) is 5.56 Å². The predicted molar refractivity (Wildman–Crippen MR) is 97.6 cm³/mol. The molecule has 0 fully saturated rings. The maximum absolute atomic E-state index is 13.7. The normalized spacial score (nSPS) is 17.5. The number of rotatable bonds is 3. The zero-order valence-electron chi connectivity index (χ0n) is 16.1. The third-order valence-corrected chi connectivity index (χ3v) is 6.17. The van der Waals surface area contributed by atoms with Crippen molar-refractivity contribution >= 4 is 21.2 Å². The van der Waals surface area contributed by atoms with Gasteiger partial charge in [0, 0.05) is 6.20 Å². The van der Waals surface area contributed by atoms with Gasteiger partial charge in [0.2, 0.25) is 0 Å². The van der Waals surface area contributed by atoms with Crippen molar-refractivity contribution in [2.45, 2.75) is 36.4 Å². The van der Waals surface area contributed by atoms with E-state index >= 15 is 0 Å². The number of pyridine rings is 1. The fourth-order valence-electron chi connectivity index (χ4n) is 3.58. The van der Waals surface area contributed by atoms with Gasteiger partial charge in [0.25, 0.3) is 10.0 Å². The Bertz CT molecular complexity index is 1160. The molecule has 1 aliphatic rings. The molecule has 4 nitrogen and oxygen atoms in total. The molecule has 0 bridgehead atoms. The Morgan fingerprint density at radius 2 is 1.21 bits per heavy atom. The molecular weight excluding hydrogens is 491 g/mol. The van der Waals surface area contributed by atoms with Crippen LogP contribution < -0.4 is 5.14 Å². The quantitative estimate of drug-likeness (QED) is 0.556. The van der Waals surface area contributed by atoms with Gasteiger partial charge in [0.1, 0.15) is 0 Å². The second-order valence-corrected chi connectivity index (χ2v) is 8.90. The summed E-state index contributed by atoms with van der Waals surface area (Å²) in [5.41, 5.74) is -6.81. The first kappa shape index (κ1) is 25.0. The first-order chi connectivity index (χ1) is 14.9. The number of nitrogens with two attached hydrogens (primary N) is 1. The molecule has 1 aromatic carbocycles. The summed E-state index contributed by atoms with van der Waals surface area (Å²) >= 11 is 0. The van der Waals surface area contributed by atoms with E-state index in [1.807, 2.05) is 0 Å². The fraction of sp³-hybridized carbons (Fsp3) is 0.316. The lowest BCUT2D eigenvalue weighted by Gasteiger charge is -2.34. The Morgan fingerprint density at radius 3 is 1.58 bits per heavy atom.